The first-order chi connectivity index (χ1) is 12.7. The average molecular weight is 541 g/mol. The van der Waals surface area contributed by atoms with Gasteiger partial charge in [0.05, 0.1) is 14.8 Å². The first-order valence-corrected chi connectivity index (χ1v) is 10.3. The van der Waals surface area contributed by atoms with E-state index >= 15 is 0 Å². The highest BCUT2D eigenvalue weighted by molar-refractivity contribution is 9.11. The average Bonchev–Trinajstić information content (AvgIpc) is 3.00. The Morgan fingerprint density at radius 3 is 2.33 bits per heavy atom. The summed E-state index contributed by atoms with van der Waals surface area (Å²) in [7, 11) is 0. The lowest BCUT2D eigenvalue weighted by Crippen LogP contribution is -2.15. The summed E-state index contributed by atoms with van der Waals surface area (Å²) in [5.74, 6) is -4.47. The van der Waals surface area contributed by atoms with Crippen LogP contribution >= 0.6 is 54.8 Å². The van der Waals surface area contributed by atoms with Crippen molar-refractivity contribution in [2.45, 2.75) is 5.33 Å². The van der Waals surface area contributed by atoms with Crippen LogP contribution in [0.3, 0.4) is 0 Å². The molecule has 0 aliphatic carbocycles. The zero-order chi connectivity index (χ0) is 20.1. The second-order valence-corrected chi connectivity index (χ2v) is 8.39. The maximum atomic E-state index is 12.7. The van der Waals surface area contributed by atoms with Gasteiger partial charge in [0, 0.05) is 10.6 Å². The Kier molecular flexibility index (Phi) is 7.72. The molecule has 0 unspecified atom stereocenters. The second-order valence-electron chi connectivity index (χ2n) is 4.99. The van der Waals surface area contributed by atoms with Gasteiger partial charge in [0.1, 0.15) is 16.4 Å². The van der Waals surface area contributed by atoms with E-state index in [9.17, 15) is 13.6 Å². The standard InChI is InChI=1S/C10H6Br2ClNS.C7H5F2NO2/c11-5-8-14-9(10(12)15-8)6-1-3-7(13)4-2-6;8-3-1-2-4(11)6(9)5(3)7(10)12/h1-4H,5H2;1-2,11H,(H2,10,12). The molecule has 0 saturated heterocycles. The van der Waals surface area contributed by atoms with Crippen LogP contribution in [0.25, 0.3) is 11.3 Å². The number of aromatic nitrogens is 1. The van der Waals surface area contributed by atoms with E-state index < -0.39 is 28.9 Å². The van der Waals surface area contributed by atoms with Crippen LogP contribution in [-0.4, -0.2) is 16.0 Å². The van der Waals surface area contributed by atoms with Gasteiger partial charge in [-0.15, -0.1) is 11.3 Å². The van der Waals surface area contributed by atoms with Crippen molar-refractivity contribution >= 4 is 60.7 Å². The third-order valence-corrected chi connectivity index (χ3v) is 6.04. The topological polar surface area (TPSA) is 76.2 Å². The number of nitrogens with two attached hydrogens (primary N) is 1. The van der Waals surface area contributed by atoms with Crippen LogP contribution < -0.4 is 5.73 Å². The molecular formula is C17H11Br2ClF2N2O2S. The number of amides is 1. The maximum Gasteiger partial charge on any atom is 0.254 e. The number of nitrogens with zero attached hydrogens (tertiary/aromatic N) is 1. The van der Waals surface area contributed by atoms with Gasteiger partial charge in [0.15, 0.2) is 11.6 Å². The van der Waals surface area contributed by atoms with E-state index in [4.69, 9.17) is 16.7 Å². The molecule has 1 aromatic heterocycles. The third kappa shape index (κ3) is 5.47. The van der Waals surface area contributed by atoms with Gasteiger partial charge >= 0.3 is 0 Å². The van der Waals surface area contributed by atoms with Gasteiger partial charge in [-0.2, -0.15) is 0 Å². The lowest BCUT2D eigenvalue weighted by molar-refractivity contribution is 0.0991. The number of carbonyl (C=O) groups excluding carboxylic acids is 1. The van der Waals surface area contributed by atoms with Crippen molar-refractivity contribution < 1.29 is 18.7 Å². The largest absolute Gasteiger partial charge is 0.505 e. The minimum Gasteiger partial charge on any atom is -0.505 e. The van der Waals surface area contributed by atoms with Gasteiger partial charge in [-0.05, 0) is 40.2 Å². The molecule has 3 rings (SSSR count). The lowest BCUT2D eigenvalue weighted by Gasteiger charge is -2.00. The van der Waals surface area contributed by atoms with Crippen LogP contribution in [0.2, 0.25) is 5.02 Å². The van der Waals surface area contributed by atoms with Gasteiger partial charge < -0.3 is 10.8 Å². The van der Waals surface area contributed by atoms with Gasteiger partial charge in [0.25, 0.3) is 5.91 Å². The van der Waals surface area contributed by atoms with Crippen LogP contribution in [-0.2, 0) is 5.33 Å². The molecule has 0 aliphatic rings. The van der Waals surface area contributed by atoms with E-state index in [0.717, 1.165) is 42.5 Å². The van der Waals surface area contributed by atoms with Crippen LogP contribution in [0, 0.1) is 11.6 Å². The number of hydrogen-bond donors (Lipinski definition) is 2. The number of thiazole rings is 1. The summed E-state index contributed by atoms with van der Waals surface area (Å²) in [4.78, 5) is 14.9. The predicted molar refractivity (Wildman–Crippen MR) is 109 cm³/mol. The minimum absolute atomic E-state index is 0.741. The zero-order valence-electron chi connectivity index (χ0n) is 13.3. The minimum atomic E-state index is -1.33. The fourth-order valence-electron chi connectivity index (χ4n) is 1.95. The Bertz CT molecular complexity index is 968. The summed E-state index contributed by atoms with van der Waals surface area (Å²) in [6.07, 6.45) is 0. The maximum absolute atomic E-state index is 12.7. The molecule has 0 saturated carbocycles. The van der Waals surface area contributed by atoms with Crippen molar-refractivity contribution in [3.05, 3.63) is 67.4 Å². The Hall–Kier alpha value is -1.55. The summed E-state index contributed by atoms with van der Waals surface area (Å²) in [6.45, 7) is 0. The van der Waals surface area contributed by atoms with E-state index in [1.807, 2.05) is 24.3 Å². The Balaban J connectivity index is 0.000000199. The molecule has 27 heavy (non-hydrogen) atoms. The number of carbonyl (C=O) groups is 1. The highest BCUT2D eigenvalue weighted by Gasteiger charge is 2.17. The molecule has 4 nitrogen and oxygen atoms in total. The molecule has 142 valence electrons. The highest BCUT2D eigenvalue weighted by Crippen LogP contribution is 2.34. The Morgan fingerprint density at radius 2 is 1.85 bits per heavy atom. The van der Waals surface area contributed by atoms with Crippen molar-refractivity contribution in [1.82, 2.24) is 4.98 Å². The normalized spacial score (nSPS) is 10.3. The van der Waals surface area contributed by atoms with E-state index in [-0.39, 0.29) is 0 Å². The van der Waals surface area contributed by atoms with Crippen LogP contribution in [0.15, 0.2) is 40.2 Å². The molecular weight excluding hydrogens is 530 g/mol. The molecule has 1 amide bonds. The third-order valence-electron chi connectivity index (χ3n) is 3.18. The number of hydrogen-bond acceptors (Lipinski definition) is 4. The highest BCUT2D eigenvalue weighted by atomic mass is 79.9. The molecule has 0 spiro atoms. The molecule has 2 aromatic carbocycles. The summed E-state index contributed by atoms with van der Waals surface area (Å²) in [5, 5.41) is 11.3. The van der Waals surface area contributed by atoms with Gasteiger partial charge in [-0.1, -0.05) is 39.7 Å². The van der Waals surface area contributed by atoms with E-state index in [1.165, 1.54) is 0 Å². The van der Waals surface area contributed by atoms with Crippen molar-refractivity contribution in [3.8, 4) is 17.0 Å². The molecule has 0 fully saturated rings. The number of primary amides is 1. The van der Waals surface area contributed by atoms with Crippen LogP contribution in [0.5, 0.6) is 5.75 Å². The number of halogens is 5. The number of benzene rings is 2. The number of aromatic hydroxyl groups is 1. The van der Waals surface area contributed by atoms with Crippen molar-refractivity contribution in [2.24, 2.45) is 5.73 Å². The number of phenols is 1. The zero-order valence-corrected chi connectivity index (χ0v) is 18.1. The molecule has 3 aromatic rings. The summed E-state index contributed by atoms with van der Waals surface area (Å²) >= 11 is 14.4. The van der Waals surface area contributed by atoms with Gasteiger partial charge in [-0.25, -0.2) is 13.8 Å². The van der Waals surface area contributed by atoms with E-state index in [0.29, 0.717) is 0 Å². The van der Waals surface area contributed by atoms with Crippen LogP contribution in [0.4, 0.5) is 8.78 Å². The molecule has 0 radical (unpaired) electrons. The number of phenolic OH excluding ortho intramolecular Hbond substituents is 1. The number of rotatable bonds is 3. The quantitative estimate of drug-likeness (QED) is 0.407. The van der Waals surface area contributed by atoms with Crippen molar-refractivity contribution in [2.75, 3.05) is 0 Å². The Labute approximate surface area is 179 Å². The van der Waals surface area contributed by atoms with Gasteiger partial charge in [-0.3, -0.25) is 4.79 Å². The Morgan fingerprint density at radius 1 is 1.22 bits per heavy atom. The molecule has 10 heteroatoms. The summed E-state index contributed by atoms with van der Waals surface area (Å²) < 4.78 is 26.4. The smallest absolute Gasteiger partial charge is 0.254 e. The van der Waals surface area contributed by atoms with Crippen molar-refractivity contribution in [1.29, 1.82) is 0 Å². The molecule has 0 bridgehead atoms. The summed E-state index contributed by atoms with van der Waals surface area (Å²) in [5.41, 5.74) is 5.79. The fraction of sp³-hybridized carbons (Fsp3) is 0.0588. The first-order valence-electron chi connectivity index (χ1n) is 7.18. The predicted octanol–water partition coefficient (Wildman–Crippen LogP) is 5.89. The molecule has 0 aliphatic heterocycles. The monoisotopic (exact) mass is 538 g/mol. The van der Waals surface area contributed by atoms with Crippen molar-refractivity contribution in [3.63, 3.8) is 0 Å². The number of alkyl halides is 1. The summed E-state index contributed by atoms with van der Waals surface area (Å²) in [6, 6.07) is 9.25. The van der Waals surface area contributed by atoms with Gasteiger partial charge in [0.2, 0.25) is 0 Å². The molecule has 1 heterocycles. The first kappa shape index (κ1) is 21.7. The lowest BCUT2D eigenvalue weighted by atomic mass is 10.2. The van der Waals surface area contributed by atoms with E-state index in [2.05, 4.69) is 42.6 Å². The van der Waals surface area contributed by atoms with Crippen LogP contribution in [0.1, 0.15) is 15.4 Å². The molecule has 3 N–H and O–H groups in total. The molecule has 0 atom stereocenters. The van der Waals surface area contributed by atoms with E-state index in [1.54, 1.807) is 11.3 Å². The second kappa shape index (κ2) is 9.59. The fourth-order valence-corrected chi connectivity index (χ4v) is 4.08. The SMILES string of the molecule is Clc1ccc(-c2nc(CBr)sc2Br)cc1.NC(=O)c1c(F)ccc(O)c1F.